The predicted molar refractivity (Wildman–Crippen MR) is 128 cm³/mol. The molecule has 1 aliphatic rings. The van der Waals surface area contributed by atoms with Crippen molar-refractivity contribution in [1.29, 1.82) is 0 Å². The quantitative estimate of drug-likeness (QED) is 0.508. The van der Waals surface area contributed by atoms with E-state index in [0.29, 0.717) is 12.2 Å². The number of carbonyl (C=O) groups is 2. The summed E-state index contributed by atoms with van der Waals surface area (Å²) in [6, 6.07) is 14.0. The van der Waals surface area contributed by atoms with Gasteiger partial charge in [-0.3, -0.25) is 9.59 Å². The van der Waals surface area contributed by atoms with Crippen LogP contribution in [0.15, 0.2) is 53.4 Å². The number of amides is 2. The molecule has 0 bridgehead atoms. The van der Waals surface area contributed by atoms with Gasteiger partial charge >= 0.3 is 0 Å². The average Bonchev–Trinajstić information content (AvgIpc) is 2.80. The van der Waals surface area contributed by atoms with Crippen LogP contribution in [0.4, 0.5) is 4.39 Å². The number of thioether (sulfide) groups is 1. The molecule has 1 atom stereocenters. The summed E-state index contributed by atoms with van der Waals surface area (Å²) < 4.78 is 13.3. The molecule has 1 aliphatic carbocycles. The fourth-order valence-electron chi connectivity index (χ4n) is 3.97. The van der Waals surface area contributed by atoms with E-state index in [1.54, 1.807) is 35.7 Å². The zero-order valence-electron chi connectivity index (χ0n) is 19.0. The zero-order valence-corrected chi connectivity index (χ0v) is 19.8. The first-order valence-corrected chi connectivity index (χ1v) is 12.4. The largest absolute Gasteiger partial charge is 0.352 e. The van der Waals surface area contributed by atoms with Crippen molar-refractivity contribution < 1.29 is 14.0 Å². The summed E-state index contributed by atoms with van der Waals surface area (Å²) in [7, 11) is 0. The third-order valence-corrected chi connectivity index (χ3v) is 7.00. The fourth-order valence-corrected chi connectivity index (χ4v) is 4.81. The molecule has 2 aromatic rings. The topological polar surface area (TPSA) is 49.4 Å². The molecule has 1 saturated carbocycles. The van der Waals surface area contributed by atoms with Gasteiger partial charge in [0.1, 0.15) is 11.9 Å². The van der Waals surface area contributed by atoms with Crippen LogP contribution in [-0.2, 0) is 16.1 Å². The lowest BCUT2D eigenvalue weighted by Gasteiger charge is -2.31. The molecule has 4 nitrogen and oxygen atoms in total. The molecule has 0 saturated heterocycles. The van der Waals surface area contributed by atoms with Crippen molar-refractivity contribution >= 4 is 23.6 Å². The highest BCUT2D eigenvalue weighted by molar-refractivity contribution is 7.99. The number of halogens is 1. The van der Waals surface area contributed by atoms with Gasteiger partial charge in [0.2, 0.25) is 11.8 Å². The van der Waals surface area contributed by atoms with E-state index in [-0.39, 0.29) is 30.2 Å². The van der Waals surface area contributed by atoms with E-state index >= 15 is 0 Å². The number of hydrogen-bond acceptors (Lipinski definition) is 3. The van der Waals surface area contributed by atoms with Crippen LogP contribution in [0.5, 0.6) is 0 Å². The van der Waals surface area contributed by atoms with Crippen LogP contribution in [-0.4, -0.2) is 34.6 Å². The highest BCUT2D eigenvalue weighted by Crippen LogP contribution is 2.21. The number of benzene rings is 2. The standard InChI is InChI=1S/C26H33FN2O2S/c1-19-8-14-24(15-9-19)32-17-16-25(30)29(18-21-10-12-22(27)13-11-21)20(2)26(31)28-23-6-4-3-5-7-23/h8-15,20,23H,3-7,16-18H2,1-2H3,(H,28,31). The van der Waals surface area contributed by atoms with Crippen LogP contribution in [0.2, 0.25) is 0 Å². The van der Waals surface area contributed by atoms with E-state index in [4.69, 9.17) is 0 Å². The van der Waals surface area contributed by atoms with Gasteiger partial charge in [0, 0.05) is 29.7 Å². The van der Waals surface area contributed by atoms with Crippen LogP contribution in [0.1, 0.15) is 56.6 Å². The summed E-state index contributed by atoms with van der Waals surface area (Å²) in [4.78, 5) is 28.9. The Morgan fingerprint density at radius 1 is 1.06 bits per heavy atom. The average molecular weight is 457 g/mol. The highest BCUT2D eigenvalue weighted by Gasteiger charge is 2.27. The predicted octanol–water partition coefficient (Wildman–Crippen LogP) is 5.48. The third kappa shape index (κ3) is 7.37. The molecule has 6 heteroatoms. The minimum absolute atomic E-state index is 0.0692. The summed E-state index contributed by atoms with van der Waals surface area (Å²) in [5.41, 5.74) is 2.01. The molecule has 0 spiro atoms. The Bertz CT molecular complexity index is 880. The van der Waals surface area contributed by atoms with Gasteiger partial charge in [-0.2, -0.15) is 0 Å². The molecule has 1 unspecified atom stereocenters. The van der Waals surface area contributed by atoms with Crippen molar-refractivity contribution in [2.75, 3.05) is 5.75 Å². The lowest BCUT2D eigenvalue weighted by Crippen LogP contribution is -2.50. The maximum atomic E-state index is 13.3. The van der Waals surface area contributed by atoms with E-state index in [0.717, 1.165) is 36.1 Å². The van der Waals surface area contributed by atoms with E-state index < -0.39 is 6.04 Å². The molecule has 0 aromatic heterocycles. The van der Waals surface area contributed by atoms with Gasteiger partial charge in [-0.25, -0.2) is 4.39 Å². The van der Waals surface area contributed by atoms with Crippen molar-refractivity contribution in [2.45, 2.75) is 75.9 Å². The minimum Gasteiger partial charge on any atom is -0.352 e. The molecule has 172 valence electrons. The van der Waals surface area contributed by atoms with E-state index in [2.05, 4.69) is 29.6 Å². The molecule has 2 aromatic carbocycles. The summed E-state index contributed by atoms with van der Waals surface area (Å²) in [6.45, 7) is 4.12. The number of nitrogens with one attached hydrogen (secondary N) is 1. The normalized spacial score (nSPS) is 15.2. The molecule has 2 amide bonds. The first-order valence-electron chi connectivity index (χ1n) is 11.5. The van der Waals surface area contributed by atoms with Crippen LogP contribution < -0.4 is 5.32 Å². The second kappa shape index (κ2) is 12.0. The number of rotatable bonds is 9. The van der Waals surface area contributed by atoms with E-state index in [1.807, 2.05) is 6.92 Å². The Morgan fingerprint density at radius 2 is 1.72 bits per heavy atom. The maximum Gasteiger partial charge on any atom is 0.242 e. The number of hydrogen-bond donors (Lipinski definition) is 1. The summed E-state index contributed by atoms with van der Waals surface area (Å²) in [6.07, 6.45) is 5.81. The monoisotopic (exact) mass is 456 g/mol. The summed E-state index contributed by atoms with van der Waals surface area (Å²) in [5.74, 6) is 0.140. The van der Waals surface area contributed by atoms with Gasteiger partial charge in [-0.1, -0.05) is 49.1 Å². The van der Waals surface area contributed by atoms with Gasteiger partial charge in [-0.15, -0.1) is 11.8 Å². The second-order valence-corrected chi connectivity index (χ2v) is 9.75. The Hall–Kier alpha value is -2.34. The first-order chi connectivity index (χ1) is 15.4. The molecule has 0 heterocycles. The molecule has 1 fully saturated rings. The third-order valence-electron chi connectivity index (χ3n) is 5.99. The SMILES string of the molecule is Cc1ccc(SCCC(=O)N(Cc2ccc(F)cc2)C(C)C(=O)NC2CCCCC2)cc1. The Morgan fingerprint density at radius 3 is 2.38 bits per heavy atom. The van der Waals surface area contributed by atoms with Gasteiger partial charge < -0.3 is 10.2 Å². The highest BCUT2D eigenvalue weighted by atomic mass is 32.2. The maximum absolute atomic E-state index is 13.3. The fraction of sp³-hybridized carbons (Fsp3) is 0.462. The Kier molecular flexibility index (Phi) is 9.15. The van der Waals surface area contributed by atoms with Crippen molar-refractivity contribution in [3.63, 3.8) is 0 Å². The zero-order chi connectivity index (χ0) is 22.9. The van der Waals surface area contributed by atoms with Crippen molar-refractivity contribution in [3.05, 3.63) is 65.5 Å². The first kappa shape index (κ1) is 24.3. The van der Waals surface area contributed by atoms with E-state index in [9.17, 15) is 14.0 Å². The molecular weight excluding hydrogens is 423 g/mol. The smallest absolute Gasteiger partial charge is 0.242 e. The Labute approximate surface area is 195 Å². The van der Waals surface area contributed by atoms with Crippen LogP contribution in [0.3, 0.4) is 0 Å². The summed E-state index contributed by atoms with van der Waals surface area (Å²) >= 11 is 1.63. The van der Waals surface area contributed by atoms with Crippen molar-refractivity contribution in [1.82, 2.24) is 10.2 Å². The lowest BCUT2D eigenvalue weighted by atomic mass is 9.95. The Balaban J connectivity index is 1.64. The lowest BCUT2D eigenvalue weighted by molar-refractivity contribution is -0.140. The minimum atomic E-state index is -0.584. The molecule has 32 heavy (non-hydrogen) atoms. The number of aryl methyl sites for hydroxylation is 1. The van der Waals surface area contributed by atoms with Gasteiger partial charge in [0.05, 0.1) is 0 Å². The molecule has 0 radical (unpaired) electrons. The van der Waals surface area contributed by atoms with Crippen molar-refractivity contribution in [2.24, 2.45) is 0 Å². The molecular formula is C26H33FN2O2S. The van der Waals surface area contributed by atoms with Gasteiger partial charge in [-0.05, 0) is 56.5 Å². The van der Waals surface area contributed by atoms with Crippen molar-refractivity contribution in [3.8, 4) is 0 Å². The molecule has 1 N–H and O–H groups in total. The van der Waals surface area contributed by atoms with Crippen LogP contribution >= 0.6 is 11.8 Å². The number of carbonyl (C=O) groups excluding carboxylic acids is 2. The second-order valence-electron chi connectivity index (χ2n) is 8.58. The molecule has 3 rings (SSSR count). The van der Waals surface area contributed by atoms with Gasteiger partial charge in [0.15, 0.2) is 0 Å². The number of nitrogens with zero attached hydrogens (tertiary/aromatic N) is 1. The van der Waals surface area contributed by atoms with Crippen LogP contribution in [0, 0.1) is 12.7 Å². The molecule has 0 aliphatic heterocycles. The van der Waals surface area contributed by atoms with E-state index in [1.165, 1.54) is 24.1 Å². The van der Waals surface area contributed by atoms with Gasteiger partial charge in [0.25, 0.3) is 0 Å². The van der Waals surface area contributed by atoms with Crippen LogP contribution in [0.25, 0.3) is 0 Å². The summed E-state index contributed by atoms with van der Waals surface area (Å²) in [5, 5.41) is 3.14.